The van der Waals surface area contributed by atoms with E-state index in [0.717, 1.165) is 15.6 Å². The standard InChI is InChI=1S/C10H12N4OS/c1-6-9(5-13-14-6)10(15)12-4-8-3-11-7(2)16-8/h3,5H,4H2,1-2H3,(H,12,15)(H,13,14). The molecule has 2 rings (SSSR count). The highest BCUT2D eigenvalue weighted by atomic mass is 32.1. The van der Waals surface area contributed by atoms with E-state index in [9.17, 15) is 4.79 Å². The first-order chi connectivity index (χ1) is 7.66. The molecule has 5 nitrogen and oxygen atoms in total. The van der Waals surface area contributed by atoms with Gasteiger partial charge < -0.3 is 5.32 Å². The van der Waals surface area contributed by atoms with E-state index < -0.39 is 0 Å². The van der Waals surface area contributed by atoms with Gasteiger partial charge in [0.1, 0.15) is 0 Å². The molecule has 0 fully saturated rings. The summed E-state index contributed by atoms with van der Waals surface area (Å²) < 4.78 is 0. The van der Waals surface area contributed by atoms with Gasteiger partial charge in [-0.1, -0.05) is 0 Å². The summed E-state index contributed by atoms with van der Waals surface area (Å²) in [6.07, 6.45) is 3.31. The molecular formula is C10H12N4OS. The van der Waals surface area contributed by atoms with Gasteiger partial charge in [-0.2, -0.15) is 5.10 Å². The Morgan fingerprint density at radius 1 is 1.50 bits per heavy atom. The van der Waals surface area contributed by atoms with Crippen molar-refractivity contribution in [2.24, 2.45) is 0 Å². The molecule has 2 aromatic rings. The number of amides is 1. The van der Waals surface area contributed by atoms with Crippen LogP contribution in [0.4, 0.5) is 0 Å². The molecule has 0 saturated heterocycles. The first-order valence-corrected chi connectivity index (χ1v) is 5.68. The molecule has 1 amide bonds. The van der Waals surface area contributed by atoms with E-state index in [1.54, 1.807) is 17.5 Å². The van der Waals surface area contributed by atoms with Crippen molar-refractivity contribution in [3.8, 4) is 0 Å². The predicted octanol–water partition coefficient (Wildman–Crippen LogP) is 1.41. The fourth-order valence-corrected chi connectivity index (χ4v) is 2.06. The van der Waals surface area contributed by atoms with Gasteiger partial charge in [-0.05, 0) is 13.8 Å². The number of rotatable bonds is 3. The van der Waals surface area contributed by atoms with Crippen LogP contribution < -0.4 is 5.32 Å². The lowest BCUT2D eigenvalue weighted by Crippen LogP contribution is -2.22. The van der Waals surface area contributed by atoms with Crippen molar-refractivity contribution in [1.82, 2.24) is 20.5 Å². The zero-order chi connectivity index (χ0) is 11.5. The number of aromatic nitrogens is 3. The van der Waals surface area contributed by atoms with Crippen molar-refractivity contribution >= 4 is 17.2 Å². The Balaban J connectivity index is 1.96. The molecule has 0 bridgehead atoms. The van der Waals surface area contributed by atoms with Crippen molar-refractivity contribution in [1.29, 1.82) is 0 Å². The number of H-pyrrole nitrogens is 1. The minimum atomic E-state index is -0.114. The smallest absolute Gasteiger partial charge is 0.255 e. The highest BCUT2D eigenvalue weighted by Gasteiger charge is 2.10. The Labute approximate surface area is 96.9 Å². The second kappa shape index (κ2) is 4.44. The maximum absolute atomic E-state index is 11.7. The summed E-state index contributed by atoms with van der Waals surface area (Å²) in [5.74, 6) is -0.114. The number of nitrogens with zero attached hydrogens (tertiary/aromatic N) is 2. The summed E-state index contributed by atoms with van der Waals surface area (Å²) in [6.45, 7) is 4.27. The maximum atomic E-state index is 11.7. The zero-order valence-electron chi connectivity index (χ0n) is 9.07. The van der Waals surface area contributed by atoms with Gasteiger partial charge in [0.25, 0.3) is 5.91 Å². The molecule has 2 aromatic heterocycles. The van der Waals surface area contributed by atoms with Crippen LogP contribution in [0.15, 0.2) is 12.4 Å². The third-order valence-corrected chi connectivity index (χ3v) is 3.08. The third kappa shape index (κ3) is 2.27. The summed E-state index contributed by atoms with van der Waals surface area (Å²) in [4.78, 5) is 16.9. The molecule has 0 saturated carbocycles. The number of carbonyl (C=O) groups excluding carboxylic acids is 1. The van der Waals surface area contributed by atoms with Crippen molar-refractivity contribution in [3.05, 3.63) is 33.5 Å². The average molecular weight is 236 g/mol. The molecule has 0 aromatic carbocycles. The van der Waals surface area contributed by atoms with E-state index in [2.05, 4.69) is 20.5 Å². The van der Waals surface area contributed by atoms with Crippen LogP contribution in [0.25, 0.3) is 0 Å². The first-order valence-electron chi connectivity index (χ1n) is 4.86. The number of carbonyl (C=O) groups is 1. The molecule has 0 aliphatic carbocycles. The van der Waals surface area contributed by atoms with E-state index in [1.807, 2.05) is 13.8 Å². The lowest BCUT2D eigenvalue weighted by molar-refractivity contribution is 0.0951. The van der Waals surface area contributed by atoms with Crippen molar-refractivity contribution in [3.63, 3.8) is 0 Å². The Morgan fingerprint density at radius 3 is 2.88 bits per heavy atom. The van der Waals surface area contributed by atoms with Crippen LogP contribution in [0.2, 0.25) is 0 Å². The molecule has 6 heteroatoms. The number of thiazole rings is 1. The largest absolute Gasteiger partial charge is 0.347 e. The van der Waals surface area contributed by atoms with Crippen molar-refractivity contribution < 1.29 is 4.79 Å². The van der Waals surface area contributed by atoms with Gasteiger partial charge in [0.15, 0.2) is 0 Å². The SMILES string of the molecule is Cc1ncc(CNC(=O)c2cn[nH]c2C)s1. The van der Waals surface area contributed by atoms with E-state index in [4.69, 9.17) is 0 Å². The normalized spacial score (nSPS) is 10.4. The molecule has 0 spiro atoms. The van der Waals surface area contributed by atoms with Crippen LogP contribution in [0.1, 0.15) is 25.9 Å². The predicted molar refractivity (Wildman–Crippen MR) is 61.3 cm³/mol. The van der Waals surface area contributed by atoms with E-state index in [1.165, 1.54) is 6.20 Å². The van der Waals surface area contributed by atoms with Crippen LogP contribution >= 0.6 is 11.3 Å². The number of hydrogen-bond donors (Lipinski definition) is 2. The Kier molecular flexibility index (Phi) is 3.00. The van der Waals surface area contributed by atoms with Crippen LogP contribution in [0, 0.1) is 13.8 Å². The summed E-state index contributed by atoms with van der Waals surface area (Å²) in [5, 5.41) is 10.4. The van der Waals surface area contributed by atoms with Crippen LogP contribution in [-0.2, 0) is 6.54 Å². The second-order valence-electron chi connectivity index (χ2n) is 3.44. The first kappa shape index (κ1) is 10.8. The van der Waals surface area contributed by atoms with E-state index in [0.29, 0.717) is 12.1 Å². The number of nitrogens with one attached hydrogen (secondary N) is 2. The monoisotopic (exact) mass is 236 g/mol. The Morgan fingerprint density at radius 2 is 2.31 bits per heavy atom. The van der Waals surface area contributed by atoms with Crippen molar-refractivity contribution in [2.75, 3.05) is 0 Å². The van der Waals surface area contributed by atoms with Gasteiger partial charge in [-0.15, -0.1) is 11.3 Å². The highest BCUT2D eigenvalue weighted by molar-refractivity contribution is 7.11. The number of hydrogen-bond acceptors (Lipinski definition) is 4. The van der Waals surface area contributed by atoms with Crippen molar-refractivity contribution in [2.45, 2.75) is 20.4 Å². The van der Waals surface area contributed by atoms with Gasteiger partial charge in [-0.25, -0.2) is 4.98 Å². The molecule has 0 atom stereocenters. The maximum Gasteiger partial charge on any atom is 0.255 e. The molecule has 16 heavy (non-hydrogen) atoms. The lowest BCUT2D eigenvalue weighted by atomic mass is 10.2. The Bertz CT molecular complexity index is 502. The summed E-state index contributed by atoms with van der Waals surface area (Å²) in [7, 11) is 0. The molecule has 84 valence electrons. The van der Waals surface area contributed by atoms with E-state index in [-0.39, 0.29) is 5.91 Å². The molecule has 2 N–H and O–H groups in total. The summed E-state index contributed by atoms with van der Waals surface area (Å²) >= 11 is 1.58. The van der Waals surface area contributed by atoms with Gasteiger partial charge in [-0.3, -0.25) is 9.89 Å². The molecule has 0 radical (unpaired) electrons. The molecule has 2 heterocycles. The van der Waals surface area contributed by atoms with Gasteiger partial charge in [0.05, 0.1) is 23.3 Å². The fraction of sp³-hybridized carbons (Fsp3) is 0.300. The van der Waals surface area contributed by atoms with Crippen LogP contribution in [0.3, 0.4) is 0 Å². The molecule has 0 aliphatic rings. The minimum Gasteiger partial charge on any atom is -0.347 e. The number of aromatic amines is 1. The zero-order valence-corrected chi connectivity index (χ0v) is 9.89. The molecule has 0 aliphatic heterocycles. The fourth-order valence-electron chi connectivity index (χ4n) is 1.33. The summed E-state index contributed by atoms with van der Waals surface area (Å²) in [6, 6.07) is 0. The Hall–Kier alpha value is -1.69. The summed E-state index contributed by atoms with van der Waals surface area (Å²) in [5.41, 5.74) is 1.36. The lowest BCUT2D eigenvalue weighted by Gasteiger charge is -2.01. The molecular weight excluding hydrogens is 224 g/mol. The highest BCUT2D eigenvalue weighted by Crippen LogP contribution is 2.11. The minimum absolute atomic E-state index is 0.114. The van der Waals surface area contributed by atoms with Gasteiger partial charge >= 0.3 is 0 Å². The molecule has 0 unspecified atom stereocenters. The average Bonchev–Trinajstić information content (AvgIpc) is 2.84. The van der Waals surface area contributed by atoms with Gasteiger partial charge in [0.2, 0.25) is 0 Å². The van der Waals surface area contributed by atoms with E-state index >= 15 is 0 Å². The topological polar surface area (TPSA) is 70.7 Å². The third-order valence-electron chi connectivity index (χ3n) is 2.17. The van der Waals surface area contributed by atoms with Gasteiger partial charge in [0, 0.05) is 16.8 Å². The quantitative estimate of drug-likeness (QED) is 0.846. The number of aryl methyl sites for hydroxylation is 2. The van der Waals surface area contributed by atoms with Crippen LogP contribution in [-0.4, -0.2) is 21.1 Å². The second-order valence-corrected chi connectivity index (χ2v) is 4.76. The van der Waals surface area contributed by atoms with Crippen LogP contribution in [0.5, 0.6) is 0 Å².